The summed E-state index contributed by atoms with van der Waals surface area (Å²) in [4.78, 5) is 42.6. The Morgan fingerprint density at radius 1 is 1.11 bits per heavy atom. The first-order valence-electron chi connectivity index (χ1n) is 16.7. The van der Waals surface area contributed by atoms with Crippen molar-refractivity contribution in [3.05, 3.63) is 0 Å². The fourth-order valence-electron chi connectivity index (χ4n) is 8.03. The maximum absolute atomic E-state index is 13.7. The predicted octanol–water partition coefficient (Wildman–Crippen LogP) is 3.09. The molecule has 0 amide bonds. The molecule has 13 nitrogen and oxygen atoms in total. The van der Waals surface area contributed by atoms with Crippen molar-refractivity contribution in [3.8, 4) is 0 Å². The Balaban J connectivity index is 1.78. The minimum atomic E-state index is -1.25. The first-order chi connectivity index (χ1) is 21.4. The monoisotopic (exact) mass is 656 g/mol. The van der Waals surface area contributed by atoms with E-state index in [4.69, 9.17) is 33.2 Å². The Labute approximate surface area is 273 Å². The van der Waals surface area contributed by atoms with Gasteiger partial charge in [-0.1, -0.05) is 20.8 Å². The van der Waals surface area contributed by atoms with Gasteiger partial charge in [-0.15, -0.1) is 0 Å². The van der Waals surface area contributed by atoms with Gasteiger partial charge in [-0.2, -0.15) is 0 Å². The number of carbonyl (C=O) groups excluding carboxylic acids is 3. The van der Waals surface area contributed by atoms with E-state index in [1.165, 1.54) is 6.92 Å². The highest BCUT2D eigenvalue weighted by Gasteiger charge is 2.59. The van der Waals surface area contributed by atoms with E-state index in [0.29, 0.717) is 25.8 Å². The van der Waals surface area contributed by atoms with Gasteiger partial charge in [0.05, 0.1) is 41.9 Å². The van der Waals surface area contributed by atoms with Crippen molar-refractivity contribution in [1.82, 2.24) is 9.80 Å². The molecule has 0 aromatic carbocycles. The van der Waals surface area contributed by atoms with Crippen molar-refractivity contribution < 1.29 is 52.6 Å². The lowest BCUT2D eigenvalue weighted by Crippen LogP contribution is -2.61. The second-order valence-electron chi connectivity index (χ2n) is 14.7. The van der Waals surface area contributed by atoms with Crippen LogP contribution in [0.1, 0.15) is 81.6 Å². The summed E-state index contributed by atoms with van der Waals surface area (Å²) < 4.78 is 43.3. The van der Waals surface area contributed by atoms with Crippen LogP contribution in [0.15, 0.2) is 0 Å². The van der Waals surface area contributed by atoms with Gasteiger partial charge in [0.25, 0.3) is 0 Å². The SMILES string of the molecule is CC[C@H]1OC(=O)[C@H](C)[C@@H](O)[C@H](C)[C@@H](O[C@@H]2O[C@H](C)C[C@H](N(C)C)[C@H]2OC(C)=O)[C@@]2(C)C[C@@H](C)CN(CO2)[C@H](C)[C@H]2OC(=O)O[C@@]21C. The lowest BCUT2D eigenvalue weighted by molar-refractivity contribution is -0.306. The molecule has 1 unspecified atom stereocenters. The number of ether oxygens (including phenoxy) is 7. The fraction of sp³-hybridized carbons (Fsp3) is 0.909. The normalized spacial score (nSPS) is 47.2. The fourth-order valence-corrected chi connectivity index (χ4v) is 8.03. The van der Waals surface area contributed by atoms with Gasteiger partial charge >= 0.3 is 18.1 Å². The van der Waals surface area contributed by atoms with Gasteiger partial charge < -0.3 is 43.2 Å². The molecule has 2 bridgehead atoms. The van der Waals surface area contributed by atoms with Crippen LogP contribution in [-0.4, -0.2) is 127 Å². The van der Waals surface area contributed by atoms with Crippen LogP contribution in [-0.2, 0) is 42.7 Å². The summed E-state index contributed by atoms with van der Waals surface area (Å²) in [5.41, 5.74) is -2.23. The van der Waals surface area contributed by atoms with E-state index in [1.807, 2.05) is 53.6 Å². The summed E-state index contributed by atoms with van der Waals surface area (Å²) >= 11 is 0. The number of rotatable bonds is 5. The number of fused-ring (bicyclic) bond motifs is 4. The molecular formula is C33H56N2O11. The van der Waals surface area contributed by atoms with Crippen LogP contribution in [0.4, 0.5) is 4.79 Å². The van der Waals surface area contributed by atoms with E-state index in [-0.39, 0.29) is 30.8 Å². The van der Waals surface area contributed by atoms with Gasteiger partial charge in [0.1, 0.15) is 12.8 Å². The quantitative estimate of drug-likeness (QED) is 0.342. The molecule has 4 aliphatic heterocycles. The van der Waals surface area contributed by atoms with E-state index < -0.39 is 77.9 Å². The number of aliphatic hydroxyl groups is 1. The Morgan fingerprint density at radius 3 is 2.39 bits per heavy atom. The summed E-state index contributed by atoms with van der Waals surface area (Å²) in [7, 11) is 3.84. The number of esters is 2. The van der Waals surface area contributed by atoms with E-state index >= 15 is 0 Å². The van der Waals surface area contributed by atoms with Crippen LogP contribution in [0.25, 0.3) is 0 Å². The summed E-state index contributed by atoms with van der Waals surface area (Å²) in [6.07, 6.45) is -4.78. The molecule has 46 heavy (non-hydrogen) atoms. The van der Waals surface area contributed by atoms with Crippen molar-refractivity contribution in [2.75, 3.05) is 27.4 Å². The average Bonchev–Trinajstić information content (AvgIpc) is 3.19. The van der Waals surface area contributed by atoms with Crippen LogP contribution in [0.3, 0.4) is 0 Å². The van der Waals surface area contributed by atoms with Crippen LogP contribution in [0.2, 0.25) is 0 Å². The van der Waals surface area contributed by atoms with E-state index in [0.717, 1.165) is 0 Å². The van der Waals surface area contributed by atoms with E-state index in [9.17, 15) is 19.5 Å². The van der Waals surface area contributed by atoms with Crippen LogP contribution in [0, 0.1) is 17.8 Å². The minimum Gasteiger partial charge on any atom is -0.458 e. The van der Waals surface area contributed by atoms with Crippen LogP contribution < -0.4 is 0 Å². The second kappa shape index (κ2) is 14.2. The number of cyclic esters (lactones) is 1. The molecule has 4 fully saturated rings. The molecule has 4 aliphatic rings. The molecule has 4 heterocycles. The van der Waals surface area contributed by atoms with Crippen molar-refractivity contribution in [2.45, 2.75) is 148 Å². The Hall–Kier alpha value is -2.03. The third kappa shape index (κ3) is 7.34. The zero-order valence-corrected chi connectivity index (χ0v) is 29.4. The number of nitrogens with zero attached hydrogens (tertiary/aromatic N) is 2. The smallest absolute Gasteiger partial charge is 0.458 e. The molecule has 264 valence electrons. The minimum absolute atomic E-state index is 0.0852. The highest BCUT2D eigenvalue weighted by molar-refractivity contribution is 5.73. The van der Waals surface area contributed by atoms with Crippen molar-refractivity contribution >= 4 is 18.1 Å². The molecule has 0 aliphatic carbocycles. The molecule has 0 spiro atoms. The largest absolute Gasteiger partial charge is 0.509 e. The zero-order valence-electron chi connectivity index (χ0n) is 29.4. The lowest BCUT2D eigenvalue weighted by atomic mass is 9.78. The third-order valence-electron chi connectivity index (χ3n) is 10.6. The number of aliphatic hydroxyl groups excluding tert-OH is 1. The number of hydrogen-bond acceptors (Lipinski definition) is 13. The molecule has 1 N–H and O–H groups in total. The Kier molecular flexibility index (Phi) is 11.4. The predicted molar refractivity (Wildman–Crippen MR) is 165 cm³/mol. The topological polar surface area (TPSA) is 143 Å². The summed E-state index contributed by atoms with van der Waals surface area (Å²) in [6.45, 7) is 17.1. The molecule has 0 saturated carbocycles. The standard InChI is InChI=1S/C33H56N2O11/c1-12-24-33(9)28(45-31(39)46-33)21(6)35-15-17(2)14-32(8,40-16-35)27(19(4)25(37)20(5)29(38)43-24)44-30-26(42-22(7)36)23(34(10)11)13-18(3)41-30/h17-21,23-28,30,37H,12-16H2,1-11H3/t17-,18-,19+,20-,21-,23+,24-,25+,26-,27-,28-,30+,32-,33-/m1/s1. The zero-order chi connectivity index (χ0) is 34.3. The van der Waals surface area contributed by atoms with Gasteiger partial charge in [-0.3, -0.25) is 14.5 Å². The highest BCUT2D eigenvalue weighted by atomic mass is 16.8. The summed E-state index contributed by atoms with van der Waals surface area (Å²) in [6, 6.07) is -0.534. The van der Waals surface area contributed by atoms with Gasteiger partial charge in [0, 0.05) is 19.4 Å². The summed E-state index contributed by atoms with van der Waals surface area (Å²) in [5, 5.41) is 11.8. The molecule has 0 radical (unpaired) electrons. The highest BCUT2D eigenvalue weighted by Crippen LogP contribution is 2.42. The molecule has 4 rings (SSSR count). The number of carbonyl (C=O) groups is 3. The third-order valence-corrected chi connectivity index (χ3v) is 10.6. The Bertz CT molecular complexity index is 1110. The first kappa shape index (κ1) is 36.8. The summed E-state index contributed by atoms with van der Waals surface area (Å²) in [5.74, 6) is -2.62. The molecule has 0 aromatic rings. The number of hydrogen-bond donors (Lipinski definition) is 1. The molecule has 13 heteroatoms. The van der Waals surface area contributed by atoms with Crippen molar-refractivity contribution in [1.29, 1.82) is 0 Å². The van der Waals surface area contributed by atoms with Crippen LogP contribution in [0.5, 0.6) is 0 Å². The van der Waals surface area contributed by atoms with Crippen molar-refractivity contribution in [3.63, 3.8) is 0 Å². The van der Waals surface area contributed by atoms with E-state index in [1.54, 1.807) is 13.8 Å². The van der Waals surface area contributed by atoms with E-state index in [2.05, 4.69) is 11.8 Å². The van der Waals surface area contributed by atoms with Gasteiger partial charge in [0.15, 0.2) is 24.1 Å². The Morgan fingerprint density at radius 2 is 1.78 bits per heavy atom. The van der Waals surface area contributed by atoms with Gasteiger partial charge in [-0.25, -0.2) is 4.79 Å². The maximum atomic E-state index is 13.7. The number of likely N-dealkylation sites (N-methyl/N-ethyl adjacent to an activating group) is 1. The second-order valence-corrected chi connectivity index (χ2v) is 14.7. The van der Waals surface area contributed by atoms with Crippen LogP contribution >= 0.6 is 0 Å². The molecule has 4 saturated heterocycles. The molecular weight excluding hydrogens is 600 g/mol. The maximum Gasteiger partial charge on any atom is 0.509 e. The molecule has 0 aromatic heterocycles. The first-order valence-corrected chi connectivity index (χ1v) is 16.7. The van der Waals surface area contributed by atoms with Crippen molar-refractivity contribution in [2.24, 2.45) is 17.8 Å². The lowest BCUT2D eigenvalue weighted by Gasteiger charge is -2.48. The van der Waals surface area contributed by atoms with Gasteiger partial charge in [0.2, 0.25) is 0 Å². The van der Waals surface area contributed by atoms with Gasteiger partial charge in [-0.05, 0) is 73.9 Å². The molecule has 15 atom stereocenters. The average molecular weight is 657 g/mol.